The Kier molecular flexibility index (Phi) is 8.90. The number of hydrogen-bond donors (Lipinski definition) is 1. The second-order valence-electron chi connectivity index (χ2n) is 6.80. The number of piperidine rings is 1. The molecule has 6 nitrogen and oxygen atoms in total. The van der Waals surface area contributed by atoms with Gasteiger partial charge in [0, 0.05) is 45.6 Å². The Morgan fingerprint density at radius 1 is 1.27 bits per heavy atom. The molecule has 0 amide bonds. The highest BCUT2D eigenvalue weighted by Gasteiger charge is 2.22. The Labute approximate surface area is 173 Å². The van der Waals surface area contributed by atoms with E-state index in [2.05, 4.69) is 33.2 Å². The van der Waals surface area contributed by atoms with E-state index in [-0.39, 0.29) is 24.0 Å². The maximum absolute atomic E-state index is 5.72. The van der Waals surface area contributed by atoms with Crippen molar-refractivity contribution in [3.8, 4) is 5.88 Å². The fourth-order valence-corrected chi connectivity index (χ4v) is 3.07. The van der Waals surface area contributed by atoms with Gasteiger partial charge in [0.15, 0.2) is 5.96 Å². The Hall–Kier alpha value is -1.09. The van der Waals surface area contributed by atoms with Gasteiger partial charge in [-0.2, -0.15) is 0 Å². The molecule has 0 aromatic carbocycles. The van der Waals surface area contributed by atoms with Crippen molar-refractivity contribution in [3.05, 3.63) is 23.9 Å². The third-order valence-electron chi connectivity index (χ3n) is 4.77. The molecule has 0 spiro atoms. The molecule has 2 fully saturated rings. The first kappa shape index (κ1) is 21.2. The number of hydrogen-bond acceptors (Lipinski definition) is 4. The minimum atomic E-state index is 0. The molecule has 0 unspecified atom stereocenters. The Morgan fingerprint density at radius 3 is 2.62 bits per heavy atom. The van der Waals surface area contributed by atoms with Gasteiger partial charge in [0.25, 0.3) is 0 Å². The van der Waals surface area contributed by atoms with Crippen LogP contribution in [0.15, 0.2) is 23.3 Å². The van der Waals surface area contributed by atoms with Crippen LogP contribution in [0.4, 0.5) is 0 Å². The lowest BCUT2D eigenvalue weighted by atomic mass is 10.1. The fraction of sp³-hybridized carbons (Fsp3) is 0.684. The van der Waals surface area contributed by atoms with Crippen LogP contribution in [0, 0.1) is 5.92 Å². The van der Waals surface area contributed by atoms with E-state index >= 15 is 0 Å². The van der Waals surface area contributed by atoms with Gasteiger partial charge in [-0.25, -0.2) is 4.98 Å². The predicted octanol–water partition coefficient (Wildman–Crippen LogP) is 3.06. The van der Waals surface area contributed by atoms with Crippen LogP contribution >= 0.6 is 24.0 Å². The van der Waals surface area contributed by atoms with E-state index < -0.39 is 0 Å². The van der Waals surface area contributed by atoms with Crippen LogP contribution in [0.2, 0.25) is 0 Å². The molecule has 1 aliphatic carbocycles. The van der Waals surface area contributed by atoms with E-state index in [9.17, 15) is 0 Å². The molecule has 26 heavy (non-hydrogen) atoms. The number of halogens is 1. The molecular formula is C19H31IN4O2. The highest BCUT2D eigenvalue weighted by atomic mass is 127. The number of aliphatic imine (C=N–C) groups is 1. The number of nitrogens with one attached hydrogen (secondary N) is 1. The lowest BCUT2D eigenvalue weighted by Gasteiger charge is -2.34. The standard InChI is InChI=1S/C19H30N4O2.HI/c1-3-24-17-8-10-23(11-9-17)19(20-2)22-13-16-6-7-18(21-12-16)25-14-15-4-5-15;/h6-7,12,15,17H,3-5,8-11,13-14H2,1-2H3,(H,20,22);1H. The highest BCUT2D eigenvalue weighted by molar-refractivity contribution is 14.0. The van der Waals surface area contributed by atoms with Crippen LogP contribution in [-0.2, 0) is 11.3 Å². The zero-order valence-corrected chi connectivity index (χ0v) is 18.1. The van der Waals surface area contributed by atoms with Gasteiger partial charge < -0.3 is 19.7 Å². The van der Waals surface area contributed by atoms with Gasteiger partial charge in [0.05, 0.1) is 12.7 Å². The maximum Gasteiger partial charge on any atom is 0.213 e. The van der Waals surface area contributed by atoms with Crippen LogP contribution in [0.1, 0.15) is 38.2 Å². The SMILES string of the molecule is CCOC1CCN(C(=NC)NCc2ccc(OCC3CC3)nc2)CC1.I. The van der Waals surface area contributed by atoms with Crippen LogP contribution in [0.25, 0.3) is 0 Å². The molecule has 0 radical (unpaired) electrons. The first-order valence-electron chi connectivity index (χ1n) is 9.43. The van der Waals surface area contributed by atoms with Crippen molar-refractivity contribution in [3.63, 3.8) is 0 Å². The van der Waals surface area contributed by atoms with Gasteiger partial charge in [-0.15, -0.1) is 24.0 Å². The molecule has 1 aromatic heterocycles. The molecule has 0 bridgehead atoms. The van der Waals surface area contributed by atoms with Crippen molar-refractivity contribution in [2.45, 2.75) is 45.3 Å². The lowest BCUT2D eigenvalue weighted by molar-refractivity contribution is 0.0263. The summed E-state index contributed by atoms with van der Waals surface area (Å²) in [7, 11) is 1.84. The molecule has 2 heterocycles. The average molecular weight is 474 g/mol. The average Bonchev–Trinajstić information content (AvgIpc) is 3.47. The van der Waals surface area contributed by atoms with Crippen molar-refractivity contribution in [2.75, 3.05) is 33.4 Å². The lowest BCUT2D eigenvalue weighted by Crippen LogP contribution is -2.46. The van der Waals surface area contributed by atoms with Crippen LogP contribution in [-0.4, -0.2) is 55.3 Å². The van der Waals surface area contributed by atoms with Crippen LogP contribution in [0.3, 0.4) is 0 Å². The van der Waals surface area contributed by atoms with E-state index in [0.29, 0.717) is 12.6 Å². The molecule has 3 rings (SSSR count). The van der Waals surface area contributed by atoms with E-state index in [4.69, 9.17) is 9.47 Å². The van der Waals surface area contributed by atoms with Crippen molar-refractivity contribution in [1.29, 1.82) is 0 Å². The molecule has 2 aliphatic rings. The van der Waals surface area contributed by atoms with Crippen molar-refractivity contribution in [1.82, 2.24) is 15.2 Å². The van der Waals surface area contributed by atoms with E-state index in [0.717, 1.165) is 62.5 Å². The number of pyridine rings is 1. The van der Waals surface area contributed by atoms with Gasteiger partial charge in [0.2, 0.25) is 5.88 Å². The molecule has 146 valence electrons. The molecule has 0 atom stereocenters. The monoisotopic (exact) mass is 474 g/mol. The number of likely N-dealkylation sites (tertiary alicyclic amines) is 1. The molecule has 1 saturated heterocycles. The number of guanidine groups is 1. The summed E-state index contributed by atoms with van der Waals surface area (Å²) in [5.74, 6) is 2.42. The normalized spacial score (nSPS) is 18.4. The fourth-order valence-electron chi connectivity index (χ4n) is 3.07. The smallest absolute Gasteiger partial charge is 0.213 e. The predicted molar refractivity (Wildman–Crippen MR) is 114 cm³/mol. The van der Waals surface area contributed by atoms with Gasteiger partial charge in [-0.1, -0.05) is 6.07 Å². The first-order chi connectivity index (χ1) is 12.3. The molecular weight excluding hydrogens is 443 g/mol. The summed E-state index contributed by atoms with van der Waals surface area (Å²) < 4.78 is 11.4. The Morgan fingerprint density at radius 2 is 2.04 bits per heavy atom. The van der Waals surface area contributed by atoms with Crippen molar-refractivity contribution < 1.29 is 9.47 Å². The number of aromatic nitrogens is 1. The van der Waals surface area contributed by atoms with E-state index in [1.165, 1.54) is 12.8 Å². The second-order valence-corrected chi connectivity index (χ2v) is 6.80. The van der Waals surface area contributed by atoms with Gasteiger partial charge in [-0.3, -0.25) is 4.99 Å². The number of rotatable bonds is 7. The van der Waals surface area contributed by atoms with E-state index in [1.807, 2.05) is 19.3 Å². The Balaban J connectivity index is 0.00000243. The minimum Gasteiger partial charge on any atom is -0.477 e. The molecule has 1 saturated carbocycles. The molecule has 7 heteroatoms. The maximum atomic E-state index is 5.72. The van der Waals surface area contributed by atoms with E-state index in [1.54, 1.807) is 0 Å². The van der Waals surface area contributed by atoms with Crippen molar-refractivity contribution >= 4 is 29.9 Å². The first-order valence-corrected chi connectivity index (χ1v) is 9.43. The molecule has 1 aromatic rings. The number of ether oxygens (including phenoxy) is 2. The number of nitrogens with zero attached hydrogens (tertiary/aromatic N) is 3. The summed E-state index contributed by atoms with van der Waals surface area (Å²) in [6.07, 6.45) is 6.98. The molecule has 1 N–H and O–H groups in total. The van der Waals surface area contributed by atoms with Gasteiger partial charge in [-0.05, 0) is 44.1 Å². The summed E-state index contributed by atoms with van der Waals surface area (Å²) in [4.78, 5) is 11.1. The topological polar surface area (TPSA) is 59.0 Å². The highest BCUT2D eigenvalue weighted by Crippen LogP contribution is 2.29. The van der Waals surface area contributed by atoms with Crippen LogP contribution < -0.4 is 10.1 Å². The largest absolute Gasteiger partial charge is 0.477 e. The summed E-state index contributed by atoms with van der Waals surface area (Å²) in [6, 6.07) is 4.02. The van der Waals surface area contributed by atoms with Crippen LogP contribution in [0.5, 0.6) is 5.88 Å². The Bertz CT molecular complexity index is 555. The summed E-state index contributed by atoms with van der Waals surface area (Å²) >= 11 is 0. The summed E-state index contributed by atoms with van der Waals surface area (Å²) in [5.41, 5.74) is 1.13. The zero-order chi connectivity index (χ0) is 17.5. The summed E-state index contributed by atoms with van der Waals surface area (Å²) in [5, 5.41) is 3.44. The van der Waals surface area contributed by atoms with Gasteiger partial charge in [0.1, 0.15) is 0 Å². The minimum absolute atomic E-state index is 0. The zero-order valence-electron chi connectivity index (χ0n) is 15.8. The third-order valence-corrected chi connectivity index (χ3v) is 4.77. The molecule has 1 aliphatic heterocycles. The van der Waals surface area contributed by atoms with Crippen molar-refractivity contribution in [2.24, 2.45) is 10.9 Å². The summed E-state index contributed by atoms with van der Waals surface area (Å²) in [6.45, 7) is 6.34. The quantitative estimate of drug-likeness (QED) is 0.374. The third kappa shape index (κ3) is 6.57. The van der Waals surface area contributed by atoms with Gasteiger partial charge >= 0.3 is 0 Å². The second kappa shape index (κ2) is 10.9.